The summed E-state index contributed by atoms with van der Waals surface area (Å²) in [5, 5.41) is 2.82. The van der Waals surface area contributed by atoms with Gasteiger partial charge in [-0.1, -0.05) is 36.4 Å². The zero-order chi connectivity index (χ0) is 19.5. The lowest BCUT2D eigenvalue weighted by Gasteiger charge is -2.29. The first-order chi connectivity index (χ1) is 12.0. The Balaban J connectivity index is 2.42. The van der Waals surface area contributed by atoms with E-state index in [1.165, 1.54) is 0 Å². The molecule has 2 aromatic carbocycles. The molecule has 2 aromatic rings. The van der Waals surface area contributed by atoms with Crippen molar-refractivity contribution in [3.63, 3.8) is 0 Å². The lowest BCUT2D eigenvalue weighted by molar-refractivity contribution is 0.0425. The molecule has 0 atom stereocenters. The van der Waals surface area contributed by atoms with E-state index in [9.17, 15) is 9.59 Å². The lowest BCUT2D eigenvalue weighted by atomic mass is 10.1. The van der Waals surface area contributed by atoms with Crippen LogP contribution in [0, 0.1) is 0 Å². The number of hydrogen-bond acceptors (Lipinski definition) is 4. The van der Waals surface area contributed by atoms with Gasteiger partial charge in [-0.2, -0.15) is 5.01 Å². The maximum absolute atomic E-state index is 12.7. The molecule has 0 radical (unpaired) electrons. The molecule has 0 unspecified atom stereocenters. The summed E-state index contributed by atoms with van der Waals surface area (Å²) in [5.74, 6) is 0. The van der Waals surface area contributed by atoms with Crippen LogP contribution in [-0.4, -0.2) is 23.4 Å². The molecule has 6 heteroatoms. The first-order valence-electron chi connectivity index (χ1n) is 8.47. The van der Waals surface area contributed by atoms with Crippen LogP contribution in [0.5, 0.6) is 0 Å². The number of fused-ring (bicyclic) bond motifs is 1. The summed E-state index contributed by atoms with van der Waals surface area (Å²) in [6.45, 7) is 10.5. The van der Waals surface area contributed by atoms with Gasteiger partial charge in [-0.3, -0.25) is 0 Å². The minimum absolute atomic E-state index is 0.503. The third-order valence-electron chi connectivity index (χ3n) is 3.19. The number of nitrogens with one attached hydrogen (secondary N) is 1. The van der Waals surface area contributed by atoms with E-state index < -0.39 is 23.4 Å². The average Bonchev–Trinajstić information content (AvgIpc) is 2.48. The normalized spacial score (nSPS) is 11.8. The van der Waals surface area contributed by atoms with Crippen LogP contribution in [0.1, 0.15) is 41.5 Å². The lowest BCUT2D eigenvalue weighted by Crippen LogP contribution is -2.50. The molecule has 2 rings (SSSR count). The Morgan fingerprint density at radius 1 is 0.846 bits per heavy atom. The number of hydrogen-bond donors (Lipinski definition) is 1. The Morgan fingerprint density at radius 2 is 1.42 bits per heavy atom. The Hall–Kier alpha value is -2.76. The number of benzene rings is 2. The molecule has 26 heavy (non-hydrogen) atoms. The molecule has 140 valence electrons. The van der Waals surface area contributed by atoms with Crippen LogP contribution in [-0.2, 0) is 9.47 Å². The number of anilines is 1. The molecule has 0 fully saturated rings. The number of rotatable bonds is 1. The summed E-state index contributed by atoms with van der Waals surface area (Å²) in [4.78, 5) is 25.0. The highest BCUT2D eigenvalue weighted by atomic mass is 16.6. The van der Waals surface area contributed by atoms with Gasteiger partial charge in [-0.15, -0.1) is 0 Å². The summed E-state index contributed by atoms with van der Waals surface area (Å²) in [6.07, 6.45) is -1.43. The zero-order valence-electron chi connectivity index (χ0n) is 16.1. The highest BCUT2D eigenvalue weighted by Gasteiger charge is 2.28. The van der Waals surface area contributed by atoms with E-state index in [-0.39, 0.29) is 0 Å². The van der Waals surface area contributed by atoms with Crippen molar-refractivity contribution < 1.29 is 19.1 Å². The number of carbonyl (C=O) groups excluding carboxylic acids is 2. The molecule has 0 heterocycles. The van der Waals surface area contributed by atoms with Crippen LogP contribution in [0.3, 0.4) is 0 Å². The van der Waals surface area contributed by atoms with Gasteiger partial charge in [0, 0.05) is 5.39 Å². The van der Waals surface area contributed by atoms with Crippen LogP contribution in [0.2, 0.25) is 0 Å². The average molecular weight is 358 g/mol. The second kappa shape index (κ2) is 7.23. The maximum atomic E-state index is 12.7. The van der Waals surface area contributed by atoms with E-state index in [1.807, 2.05) is 36.4 Å². The van der Waals surface area contributed by atoms with Gasteiger partial charge < -0.3 is 9.47 Å². The van der Waals surface area contributed by atoms with Gasteiger partial charge in [0.1, 0.15) is 11.2 Å². The molecule has 2 amide bonds. The molecule has 0 aliphatic rings. The first kappa shape index (κ1) is 19.6. The van der Waals surface area contributed by atoms with Gasteiger partial charge in [0.15, 0.2) is 0 Å². The van der Waals surface area contributed by atoms with Crippen LogP contribution in [0.15, 0.2) is 42.5 Å². The van der Waals surface area contributed by atoms with Gasteiger partial charge in [0.25, 0.3) is 0 Å². The molecular formula is C20H26N2O4. The molecule has 0 saturated carbocycles. The Morgan fingerprint density at radius 3 is 2.04 bits per heavy atom. The van der Waals surface area contributed by atoms with E-state index in [1.54, 1.807) is 47.6 Å². The number of amides is 2. The van der Waals surface area contributed by atoms with Crippen LogP contribution in [0.25, 0.3) is 10.8 Å². The Labute approximate surface area is 154 Å². The summed E-state index contributed by atoms with van der Waals surface area (Å²) in [6, 6.07) is 13.1. The van der Waals surface area contributed by atoms with Crippen molar-refractivity contribution >= 4 is 28.6 Å². The molecule has 1 N–H and O–H groups in total. The summed E-state index contributed by atoms with van der Waals surface area (Å²) in [7, 11) is 0. The SMILES string of the molecule is CC(C)(C)OC(=O)NN(C(=O)OC(C)(C)C)c1cccc2ccccc12. The second-order valence-electron chi connectivity index (χ2n) is 7.93. The van der Waals surface area contributed by atoms with Gasteiger partial charge in [-0.25, -0.2) is 15.0 Å². The molecule has 0 aliphatic carbocycles. The van der Waals surface area contributed by atoms with Gasteiger partial charge in [0.05, 0.1) is 5.69 Å². The number of carbonyl (C=O) groups is 2. The largest absolute Gasteiger partial charge is 0.443 e. The fourth-order valence-corrected chi connectivity index (χ4v) is 2.31. The van der Waals surface area contributed by atoms with Crippen molar-refractivity contribution in [2.24, 2.45) is 0 Å². The molecular weight excluding hydrogens is 332 g/mol. The maximum Gasteiger partial charge on any atom is 0.434 e. The van der Waals surface area contributed by atoms with E-state index in [0.29, 0.717) is 5.69 Å². The highest BCUT2D eigenvalue weighted by molar-refractivity contribution is 6.02. The van der Waals surface area contributed by atoms with Gasteiger partial charge in [-0.05, 0) is 53.0 Å². The standard InChI is InChI=1S/C20H26N2O4/c1-19(2,3)25-17(23)21-22(18(24)26-20(4,5)6)16-13-9-11-14-10-7-8-12-15(14)16/h7-13H,1-6H3,(H,21,23). The minimum Gasteiger partial charge on any atom is -0.443 e. The Bertz CT molecular complexity index is 798. The molecule has 0 aliphatic heterocycles. The highest BCUT2D eigenvalue weighted by Crippen LogP contribution is 2.27. The number of ether oxygens (including phenoxy) is 2. The van der Waals surface area contributed by atoms with Crippen molar-refractivity contribution in [3.8, 4) is 0 Å². The predicted molar refractivity (Wildman–Crippen MR) is 102 cm³/mol. The zero-order valence-corrected chi connectivity index (χ0v) is 16.1. The van der Waals surface area contributed by atoms with E-state index in [4.69, 9.17) is 9.47 Å². The smallest absolute Gasteiger partial charge is 0.434 e. The second-order valence-corrected chi connectivity index (χ2v) is 7.93. The molecule has 0 bridgehead atoms. The monoisotopic (exact) mass is 358 g/mol. The van der Waals surface area contributed by atoms with Crippen molar-refractivity contribution in [2.45, 2.75) is 52.7 Å². The third-order valence-corrected chi connectivity index (χ3v) is 3.19. The topological polar surface area (TPSA) is 67.9 Å². The minimum atomic E-state index is -0.740. The fraction of sp³-hybridized carbons (Fsp3) is 0.400. The van der Waals surface area contributed by atoms with E-state index >= 15 is 0 Å². The van der Waals surface area contributed by atoms with Crippen LogP contribution >= 0.6 is 0 Å². The molecule has 6 nitrogen and oxygen atoms in total. The third kappa shape index (κ3) is 5.37. The fourth-order valence-electron chi connectivity index (χ4n) is 2.31. The quantitative estimate of drug-likeness (QED) is 0.727. The van der Waals surface area contributed by atoms with E-state index in [2.05, 4.69) is 5.43 Å². The van der Waals surface area contributed by atoms with Crippen molar-refractivity contribution in [1.82, 2.24) is 5.43 Å². The Kier molecular flexibility index (Phi) is 5.44. The number of hydrazine groups is 1. The van der Waals surface area contributed by atoms with Gasteiger partial charge >= 0.3 is 12.2 Å². The van der Waals surface area contributed by atoms with Crippen molar-refractivity contribution in [3.05, 3.63) is 42.5 Å². The predicted octanol–water partition coefficient (Wildman–Crippen LogP) is 5.02. The van der Waals surface area contributed by atoms with Crippen molar-refractivity contribution in [1.29, 1.82) is 0 Å². The summed E-state index contributed by atoms with van der Waals surface area (Å²) < 4.78 is 10.7. The first-order valence-corrected chi connectivity index (χ1v) is 8.47. The van der Waals surface area contributed by atoms with E-state index in [0.717, 1.165) is 15.8 Å². The molecule has 0 spiro atoms. The molecule has 0 saturated heterocycles. The van der Waals surface area contributed by atoms with Crippen LogP contribution < -0.4 is 10.4 Å². The molecule has 0 aromatic heterocycles. The van der Waals surface area contributed by atoms with Gasteiger partial charge in [0.2, 0.25) is 0 Å². The van der Waals surface area contributed by atoms with Crippen LogP contribution in [0.4, 0.5) is 15.3 Å². The summed E-state index contributed by atoms with van der Waals surface area (Å²) in [5.41, 5.74) is 1.60. The summed E-state index contributed by atoms with van der Waals surface area (Å²) >= 11 is 0. The van der Waals surface area contributed by atoms with Crippen molar-refractivity contribution in [2.75, 3.05) is 5.01 Å². The number of nitrogens with zero attached hydrogens (tertiary/aromatic N) is 1.